The second-order valence-corrected chi connectivity index (χ2v) is 4.79. The molecule has 0 heterocycles. The number of methoxy groups -OCH3 is 1. The van der Waals surface area contributed by atoms with E-state index in [0.29, 0.717) is 13.1 Å². The number of nitrogens with zero attached hydrogens (tertiary/aromatic N) is 1. The molecule has 0 aromatic heterocycles. The van der Waals surface area contributed by atoms with E-state index < -0.39 is 12.1 Å². The minimum Gasteiger partial charge on any atom is -0.497 e. The quantitative estimate of drug-likeness (QED) is 0.831. The number of imide groups is 1. The van der Waals surface area contributed by atoms with Gasteiger partial charge < -0.3 is 10.1 Å². The second kappa shape index (κ2) is 8.26. The molecule has 2 N–H and O–H groups in total. The Morgan fingerprint density at radius 3 is 2.43 bits per heavy atom. The summed E-state index contributed by atoms with van der Waals surface area (Å²) in [7, 11) is 3.46. The zero-order valence-electron chi connectivity index (χ0n) is 13.0. The highest BCUT2D eigenvalue weighted by Crippen LogP contribution is 2.13. The zero-order valence-corrected chi connectivity index (χ0v) is 13.0. The lowest BCUT2D eigenvalue weighted by Gasteiger charge is -2.23. The molecule has 0 radical (unpaired) electrons. The first-order valence-electron chi connectivity index (χ1n) is 6.89. The molecule has 1 aromatic carbocycles. The lowest BCUT2D eigenvalue weighted by atomic mass is 10.2. The summed E-state index contributed by atoms with van der Waals surface area (Å²) in [4.78, 5) is 25.1. The van der Waals surface area contributed by atoms with Crippen molar-refractivity contribution in [3.8, 4) is 5.75 Å². The highest BCUT2D eigenvalue weighted by Gasteiger charge is 2.19. The molecule has 0 aliphatic carbocycles. The summed E-state index contributed by atoms with van der Waals surface area (Å²) < 4.78 is 5.10. The molecule has 0 bridgehead atoms. The van der Waals surface area contributed by atoms with Crippen molar-refractivity contribution in [3.63, 3.8) is 0 Å². The van der Waals surface area contributed by atoms with Crippen LogP contribution < -0.4 is 15.4 Å². The molecule has 21 heavy (non-hydrogen) atoms. The smallest absolute Gasteiger partial charge is 0.321 e. The van der Waals surface area contributed by atoms with E-state index in [9.17, 15) is 9.59 Å². The predicted octanol–water partition coefficient (Wildman–Crippen LogP) is 1.36. The lowest BCUT2D eigenvalue weighted by Crippen LogP contribution is -2.48. The molecule has 1 unspecified atom stereocenters. The van der Waals surface area contributed by atoms with E-state index >= 15 is 0 Å². The van der Waals surface area contributed by atoms with Crippen LogP contribution >= 0.6 is 0 Å². The van der Waals surface area contributed by atoms with Gasteiger partial charge in [0.2, 0.25) is 5.91 Å². The van der Waals surface area contributed by atoms with E-state index in [0.717, 1.165) is 11.3 Å². The Kier molecular flexibility index (Phi) is 6.68. The number of ether oxygens (including phenoxy) is 1. The minimum atomic E-state index is -0.466. The summed E-state index contributed by atoms with van der Waals surface area (Å²) in [5, 5.41) is 4.84. The van der Waals surface area contributed by atoms with Gasteiger partial charge in [0, 0.05) is 13.1 Å². The third kappa shape index (κ3) is 5.43. The second-order valence-electron chi connectivity index (χ2n) is 4.79. The van der Waals surface area contributed by atoms with Crippen LogP contribution in [0.1, 0.15) is 19.4 Å². The average molecular weight is 293 g/mol. The Morgan fingerprint density at radius 2 is 1.90 bits per heavy atom. The molecule has 0 aliphatic heterocycles. The van der Waals surface area contributed by atoms with E-state index in [1.165, 1.54) is 0 Å². The largest absolute Gasteiger partial charge is 0.497 e. The number of carbonyl (C=O) groups is 2. The molecular formula is C15H23N3O3. The summed E-state index contributed by atoms with van der Waals surface area (Å²) >= 11 is 0. The molecule has 0 saturated carbocycles. The van der Waals surface area contributed by atoms with Gasteiger partial charge in [0.05, 0.1) is 13.2 Å². The maximum atomic E-state index is 11.9. The van der Waals surface area contributed by atoms with Gasteiger partial charge in [-0.05, 0) is 38.6 Å². The fourth-order valence-electron chi connectivity index (χ4n) is 1.78. The molecule has 6 nitrogen and oxygen atoms in total. The minimum absolute atomic E-state index is 0.322. The van der Waals surface area contributed by atoms with E-state index in [4.69, 9.17) is 4.74 Å². The third-order valence-corrected chi connectivity index (χ3v) is 3.21. The predicted molar refractivity (Wildman–Crippen MR) is 81.1 cm³/mol. The first-order chi connectivity index (χ1) is 9.97. The van der Waals surface area contributed by atoms with Crippen LogP contribution in [0, 0.1) is 0 Å². The van der Waals surface area contributed by atoms with Crippen molar-refractivity contribution < 1.29 is 14.3 Å². The summed E-state index contributed by atoms with van der Waals surface area (Å²) in [6.07, 6.45) is 0. The number of hydrogen-bond acceptors (Lipinski definition) is 4. The highest BCUT2D eigenvalue weighted by atomic mass is 16.5. The Morgan fingerprint density at radius 1 is 1.29 bits per heavy atom. The number of amides is 3. The summed E-state index contributed by atoms with van der Waals surface area (Å²) in [5.74, 6) is 0.473. The van der Waals surface area contributed by atoms with Gasteiger partial charge in [0.25, 0.3) is 0 Å². The van der Waals surface area contributed by atoms with Crippen LogP contribution in [0.25, 0.3) is 0 Å². The van der Waals surface area contributed by atoms with E-state index in [1.54, 1.807) is 21.0 Å². The van der Waals surface area contributed by atoms with Crippen molar-refractivity contribution >= 4 is 11.9 Å². The van der Waals surface area contributed by atoms with Crippen molar-refractivity contribution in [2.45, 2.75) is 26.4 Å². The van der Waals surface area contributed by atoms with Crippen LogP contribution in [-0.4, -0.2) is 43.6 Å². The SMILES string of the molecule is CCNC(=O)NC(=O)C(C)N(C)Cc1ccc(OC)cc1. The van der Waals surface area contributed by atoms with Crippen LogP contribution in [0.15, 0.2) is 24.3 Å². The Balaban J connectivity index is 2.54. The summed E-state index contributed by atoms with van der Waals surface area (Å²) in [5.41, 5.74) is 1.07. The normalized spacial score (nSPS) is 11.9. The van der Waals surface area contributed by atoms with Crippen LogP contribution in [0.2, 0.25) is 0 Å². The number of hydrogen-bond donors (Lipinski definition) is 2. The average Bonchev–Trinajstić information content (AvgIpc) is 2.47. The van der Waals surface area contributed by atoms with Gasteiger partial charge in [-0.2, -0.15) is 0 Å². The van der Waals surface area contributed by atoms with Crippen LogP contribution in [0.5, 0.6) is 5.75 Å². The van der Waals surface area contributed by atoms with Crippen molar-refractivity contribution in [3.05, 3.63) is 29.8 Å². The lowest BCUT2D eigenvalue weighted by molar-refractivity contribution is -0.124. The molecule has 1 atom stereocenters. The number of benzene rings is 1. The van der Waals surface area contributed by atoms with Gasteiger partial charge in [-0.3, -0.25) is 15.0 Å². The van der Waals surface area contributed by atoms with Crippen LogP contribution in [0.3, 0.4) is 0 Å². The Labute approximate surface area is 125 Å². The third-order valence-electron chi connectivity index (χ3n) is 3.21. The maximum absolute atomic E-state index is 11.9. The standard InChI is InChI=1S/C15H23N3O3/c1-5-16-15(20)17-14(19)11(2)18(3)10-12-6-8-13(21-4)9-7-12/h6-9,11H,5,10H2,1-4H3,(H2,16,17,19,20). The van der Waals surface area contributed by atoms with Crippen LogP contribution in [-0.2, 0) is 11.3 Å². The summed E-state index contributed by atoms with van der Waals surface area (Å²) in [6.45, 7) is 4.64. The van der Waals surface area contributed by atoms with Gasteiger partial charge >= 0.3 is 6.03 Å². The van der Waals surface area contributed by atoms with Gasteiger partial charge in [0.1, 0.15) is 5.75 Å². The molecule has 0 spiro atoms. The fourth-order valence-corrected chi connectivity index (χ4v) is 1.78. The molecular weight excluding hydrogens is 270 g/mol. The number of nitrogens with one attached hydrogen (secondary N) is 2. The van der Waals surface area contributed by atoms with Crippen LogP contribution in [0.4, 0.5) is 4.79 Å². The Bertz CT molecular complexity index is 474. The number of rotatable bonds is 6. The van der Waals surface area contributed by atoms with Gasteiger partial charge in [0.15, 0.2) is 0 Å². The first-order valence-corrected chi connectivity index (χ1v) is 6.89. The maximum Gasteiger partial charge on any atom is 0.321 e. The van der Waals surface area contributed by atoms with Crippen molar-refractivity contribution in [1.29, 1.82) is 0 Å². The molecule has 3 amide bonds. The molecule has 0 saturated heterocycles. The van der Waals surface area contributed by atoms with Crippen molar-refractivity contribution in [2.24, 2.45) is 0 Å². The van der Waals surface area contributed by atoms with Gasteiger partial charge in [-0.15, -0.1) is 0 Å². The number of carbonyl (C=O) groups excluding carboxylic acids is 2. The molecule has 116 valence electrons. The number of urea groups is 1. The molecule has 6 heteroatoms. The Hall–Kier alpha value is -2.08. The van der Waals surface area contributed by atoms with Crippen molar-refractivity contribution in [2.75, 3.05) is 20.7 Å². The summed E-state index contributed by atoms with van der Waals surface area (Å²) in [6, 6.07) is 6.78. The number of likely N-dealkylation sites (N-methyl/N-ethyl adjacent to an activating group) is 1. The van der Waals surface area contributed by atoms with Gasteiger partial charge in [-0.1, -0.05) is 12.1 Å². The molecule has 1 aromatic rings. The van der Waals surface area contributed by atoms with E-state index in [1.807, 2.05) is 36.2 Å². The zero-order chi connectivity index (χ0) is 15.8. The van der Waals surface area contributed by atoms with E-state index in [2.05, 4.69) is 10.6 Å². The van der Waals surface area contributed by atoms with Crippen molar-refractivity contribution in [1.82, 2.24) is 15.5 Å². The fraction of sp³-hybridized carbons (Fsp3) is 0.467. The molecule has 0 fully saturated rings. The monoisotopic (exact) mass is 293 g/mol. The van der Waals surface area contributed by atoms with Gasteiger partial charge in [-0.25, -0.2) is 4.79 Å². The van der Waals surface area contributed by atoms with E-state index in [-0.39, 0.29) is 5.91 Å². The molecule has 1 rings (SSSR count). The highest BCUT2D eigenvalue weighted by molar-refractivity contribution is 5.96. The molecule has 0 aliphatic rings. The first kappa shape index (κ1) is 17.0. The topological polar surface area (TPSA) is 70.7 Å².